The van der Waals surface area contributed by atoms with E-state index in [-0.39, 0.29) is 12.0 Å². The van der Waals surface area contributed by atoms with Crippen LogP contribution in [0.2, 0.25) is 0 Å². The first-order valence-corrected chi connectivity index (χ1v) is 5.64. The average molecular weight is 214 g/mol. The van der Waals surface area contributed by atoms with Gasteiger partial charge in [-0.05, 0) is 18.3 Å². The Labute approximate surface area is 91.2 Å². The third-order valence-corrected chi connectivity index (χ3v) is 3.39. The zero-order chi connectivity index (χ0) is 11.5. The number of carbonyl (C=O) groups excluding carboxylic acids is 1. The number of rotatable bonds is 4. The van der Waals surface area contributed by atoms with E-state index < -0.39 is 12.0 Å². The summed E-state index contributed by atoms with van der Waals surface area (Å²) in [6.45, 7) is 4.71. The van der Waals surface area contributed by atoms with E-state index in [0.29, 0.717) is 6.04 Å². The summed E-state index contributed by atoms with van der Waals surface area (Å²) in [6.07, 6.45) is 3.72. The van der Waals surface area contributed by atoms with Gasteiger partial charge in [-0.25, -0.2) is 0 Å². The molecule has 1 fully saturated rings. The lowest BCUT2D eigenvalue weighted by Gasteiger charge is -2.39. The number of hydrogen-bond donors (Lipinski definition) is 3. The minimum atomic E-state index is -1.07. The highest BCUT2D eigenvalue weighted by atomic mass is 16.3. The highest BCUT2D eigenvalue weighted by molar-refractivity contribution is 5.78. The second-order valence-electron chi connectivity index (χ2n) is 5.11. The van der Waals surface area contributed by atoms with Crippen molar-refractivity contribution in [3.63, 3.8) is 0 Å². The topological polar surface area (TPSA) is 75.3 Å². The first-order chi connectivity index (χ1) is 6.93. The molecule has 0 heterocycles. The maximum Gasteiger partial charge on any atom is 0.247 e. The number of nitrogens with two attached hydrogens (primary N) is 1. The van der Waals surface area contributed by atoms with Gasteiger partial charge in [-0.1, -0.05) is 26.7 Å². The van der Waals surface area contributed by atoms with Crippen molar-refractivity contribution >= 4 is 5.91 Å². The van der Waals surface area contributed by atoms with Crippen molar-refractivity contribution in [1.82, 2.24) is 5.32 Å². The number of primary amides is 1. The van der Waals surface area contributed by atoms with Crippen LogP contribution in [0.5, 0.6) is 0 Å². The Bertz CT molecular complexity index is 229. The highest BCUT2D eigenvalue weighted by Crippen LogP contribution is 2.35. The molecular formula is C11H22N2O2. The molecule has 0 bridgehead atoms. The molecule has 2 unspecified atom stereocenters. The fourth-order valence-corrected chi connectivity index (χ4v) is 2.23. The average Bonchev–Trinajstić information content (AvgIpc) is 2.14. The lowest BCUT2D eigenvalue weighted by molar-refractivity contribution is -0.125. The Kier molecular flexibility index (Phi) is 4.11. The lowest BCUT2D eigenvalue weighted by Crippen LogP contribution is -2.48. The van der Waals surface area contributed by atoms with Gasteiger partial charge in [0.2, 0.25) is 5.91 Å². The van der Waals surface area contributed by atoms with E-state index in [0.717, 1.165) is 6.42 Å². The Morgan fingerprint density at radius 1 is 1.60 bits per heavy atom. The van der Waals surface area contributed by atoms with Gasteiger partial charge in [0.25, 0.3) is 0 Å². The minimum Gasteiger partial charge on any atom is -0.382 e. The SMILES string of the molecule is CC1(C)CCCCC1NCC(O)C(N)=O. The summed E-state index contributed by atoms with van der Waals surface area (Å²) in [4.78, 5) is 10.7. The van der Waals surface area contributed by atoms with Crippen LogP contribution in [0.25, 0.3) is 0 Å². The van der Waals surface area contributed by atoms with Gasteiger partial charge in [0.15, 0.2) is 0 Å². The second kappa shape index (κ2) is 4.94. The summed E-state index contributed by atoms with van der Waals surface area (Å²) in [5, 5.41) is 12.5. The van der Waals surface area contributed by atoms with Gasteiger partial charge in [-0.15, -0.1) is 0 Å². The van der Waals surface area contributed by atoms with E-state index in [2.05, 4.69) is 19.2 Å². The fourth-order valence-electron chi connectivity index (χ4n) is 2.23. The van der Waals surface area contributed by atoms with Crippen molar-refractivity contribution in [2.45, 2.75) is 51.7 Å². The largest absolute Gasteiger partial charge is 0.382 e. The Morgan fingerprint density at radius 2 is 2.27 bits per heavy atom. The highest BCUT2D eigenvalue weighted by Gasteiger charge is 2.32. The third kappa shape index (κ3) is 3.47. The molecule has 4 heteroatoms. The molecule has 0 aromatic rings. The molecule has 0 aromatic heterocycles. The number of nitrogens with one attached hydrogen (secondary N) is 1. The lowest BCUT2D eigenvalue weighted by atomic mass is 9.73. The van der Waals surface area contributed by atoms with Crippen LogP contribution in [0.1, 0.15) is 39.5 Å². The van der Waals surface area contributed by atoms with Crippen molar-refractivity contribution in [3.8, 4) is 0 Å². The standard InChI is InChI=1S/C11H22N2O2/c1-11(2)6-4-3-5-9(11)13-7-8(14)10(12)15/h8-9,13-14H,3-7H2,1-2H3,(H2,12,15). The molecule has 15 heavy (non-hydrogen) atoms. The van der Waals surface area contributed by atoms with E-state index in [1.807, 2.05) is 0 Å². The van der Waals surface area contributed by atoms with Crippen LogP contribution < -0.4 is 11.1 Å². The van der Waals surface area contributed by atoms with Gasteiger partial charge < -0.3 is 16.2 Å². The quantitative estimate of drug-likeness (QED) is 0.633. The Balaban J connectivity index is 2.39. The maximum atomic E-state index is 10.7. The first kappa shape index (κ1) is 12.5. The van der Waals surface area contributed by atoms with Crippen LogP contribution >= 0.6 is 0 Å². The number of aliphatic hydroxyl groups is 1. The van der Waals surface area contributed by atoms with Gasteiger partial charge >= 0.3 is 0 Å². The van der Waals surface area contributed by atoms with Gasteiger partial charge in [-0.2, -0.15) is 0 Å². The van der Waals surface area contributed by atoms with E-state index in [1.54, 1.807) is 0 Å². The molecule has 4 nitrogen and oxygen atoms in total. The third-order valence-electron chi connectivity index (χ3n) is 3.39. The van der Waals surface area contributed by atoms with Crippen molar-refractivity contribution in [1.29, 1.82) is 0 Å². The predicted molar refractivity (Wildman–Crippen MR) is 59.2 cm³/mol. The Morgan fingerprint density at radius 3 is 2.80 bits per heavy atom. The van der Waals surface area contributed by atoms with Crippen LogP contribution in [0.4, 0.5) is 0 Å². The van der Waals surface area contributed by atoms with E-state index in [4.69, 9.17) is 5.73 Å². The molecule has 1 rings (SSSR count). The smallest absolute Gasteiger partial charge is 0.247 e. The molecule has 4 N–H and O–H groups in total. The zero-order valence-electron chi connectivity index (χ0n) is 9.62. The van der Waals surface area contributed by atoms with Crippen molar-refractivity contribution in [2.24, 2.45) is 11.1 Å². The molecular weight excluding hydrogens is 192 g/mol. The molecule has 1 saturated carbocycles. The minimum absolute atomic E-state index is 0.246. The summed E-state index contributed by atoms with van der Waals surface area (Å²) >= 11 is 0. The van der Waals surface area contributed by atoms with Gasteiger partial charge in [0.05, 0.1) is 0 Å². The van der Waals surface area contributed by atoms with Gasteiger partial charge in [0.1, 0.15) is 6.10 Å². The molecule has 0 aliphatic heterocycles. The molecule has 1 aliphatic rings. The number of hydrogen-bond acceptors (Lipinski definition) is 3. The van der Waals surface area contributed by atoms with E-state index in [1.165, 1.54) is 19.3 Å². The fraction of sp³-hybridized carbons (Fsp3) is 0.909. The Hall–Kier alpha value is -0.610. The van der Waals surface area contributed by atoms with Crippen LogP contribution in [-0.4, -0.2) is 29.7 Å². The molecule has 2 atom stereocenters. The molecule has 0 radical (unpaired) electrons. The summed E-state index contributed by atoms with van der Waals surface area (Å²) < 4.78 is 0. The van der Waals surface area contributed by atoms with Gasteiger partial charge in [0, 0.05) is 12.6 Å². The zero-order valence-corrected chi connectivity index (χ0v) is 9.62. The number of amides is 1. The van der Waals surface area contributed by atoms with Crippen molar-refractivity contribution in [2.75, 3.05) is 6.54 Å². The first-order valence-electron chi connectivity index (χ1n) is 5.64. The second-order valence-corrected chi connectivity index (χ2v) is 5.11. The van der Waals surface area contributed by atoms with Crippen LogP contribution in [0.15, 0.2) is 0 Å². The number of aliphatic hydroxyl groups excluding tert-OH is 1. The monoisotopic (exact) mass is 214 g/mol. The predicted octanol–water partition coefficient (Wildman–Crippen LogP) is 0.391. The summed E-state index contributed by atoms with van der Waals surface area (Å²) in [5.74, 6) is -0.656. The van der Waals surface area contributed by atoms with Crippen LogP contribution in [-0.2, 0) is 4.79 Å². The summed E-state index contributed by atoms with van der Waals surface area (Å²) in [7, 11) is 0. The summed E-state index contributed by atoms with van der Waals surface area (Å²) in [6, 6.07) is 0.375. The molecule has 0 saturated heterocycles. The van der Waals surface area contributed by atoms with Crippen molar-refractivity contribution in [3.05, 3.63) is 0 Å². The van der Waals surface area contributed by atoms with Gasteiger partial charge in [-0.3, -0.25) is 4.79 Å². The summed E-state index contributed by atoms with van der Waals surface area (Å²) in [5.41, 5.74) is 5.24. The molecule has 88 valence electrons. The maximum absolute atomic E-state index is 10.7. The molecule has 1 amide bonds. The number of carbonyl (C=O) groups is 1. The van der Waals surface area contributed by atoms with Crippen molar-refractivity contribution < 1.29 is 9.90 Å². The van der Waals surface area contributed by atoms with E-state index >= 15 is 0 Å². The normalized spacial score (nSPS) is 27.3. The molecule has 0 aromatic carbocycles. The van der Waals surface area contributed by atoms with Crippen LogP contribution in [0, 0.1) is 5.41 Å². The van der Waals surface area contributed by atoms with E-state index in [9.17, 15) is 9.90 Å². The molecule has 0 spiro atoms. The molecule has 1 aliphatic carbocycles. The van der Waals surface area contributed by atoms with Crippen LogP contribution in [0.3, 0.4) is 0 Å².